The van der Waals surface area contributed by atoms with Crippen LogP contribution in [0.15, 0.2) is 10.1 Å². The molecule has 0 aromatic heterocycles. The monoisotopic (exact) mass is 320 g/mol. The summed E-state index contributed by atoms with van der Waals surface area (Å²) in [5.74, 6) is -2.09. The molecule has 0 unspecified atom stereocenters. The molecule has 0 saturated carbocycles. The Morgan fingerprint density at radius 2 is 2.17 bits per heavy atom. The molecule has 18 heavy (non-hydrogen) atoms. The number of hydrogen-bond acceptors (Lipinski definition) is 5. The van der Waals surface area contributed by atoms with Gasteiger partial charge in [0.15, 0.2) is 0 Å². The maximum Gasteiger partial charge on any atom is 0.341 e. The van der Waals surface area contributed by atoms with Gasteiger partial charge in [-0.3, -0.25) is 4.79 Å². The second-order valence-electron chi connectivity index (χ2n) is 4.15. The summed E-state index contributed by atoms with van der Waals surface area (Å²) < 4.78 is 16.0. The van der Waals surface area contributed by atoms with Crippen LogP contribution in [0, 0.1) is 0 Å². The van der Waals surface area contributed by atoms with E-state index in [0.29, 0.717) is 16.5 Å². The molecule has 1 aliphatic heterocycles. The third-order valence-electron chi connectivity index (χ3n) is 2.71. The summed E-state index contributed by atoms with van der Waals surface area (Å²) in [5, 5.41) is 0. The lowest BCUT2D eigenvalue weighted by Crippen LogP contribution is -2.28. The zero-order valence-electron chi connectivity index (χ0n) is 10.9. The largest absolute Gasteiger partial charge is 0.457 e. The minimum Gasteiger partial charge on any atom is -0.457 e. The van der Waals surface area contributed by atoms with E-state index in [1.807, 2.05) is 6.92 Å². The highest BCUT2D eigenvalue weighted by Crippen LogP contribution is 2.40. The summed E-state index contributed by atoms with van der Waals surface area (Å²) in [6, 6.07) is 0. The maximum atomic E-state index is 11.9. The molecular formula is C12H17BrO5. The van der Waals surface area contributed by atoms with Gasteiger partial charge in [0.25, 0.3) is 0 Å². The van der Waals surface area contributed by atoms with Crippen molar-refractivity contribution >= 4 is 27.9 Å². The Morgan fingerprint density at radius 1 is 1.56 bits per heavy atom. The fourth-order valence-electron chi connectivity index (χ4n) is 1.74. The first-order valence-electron chi connectivity index (χ1n) is 5.71. The van der Waals surface area contributed by atoms with Gasteiger partial charge in [-0.25, -0.2) is 4.79 Å². The summed E-state index contributed by atoms with van der Waals surface area (Å²) in [4.78, 5) is 23.0. The lowest BCUT2D eigenvalue weighted by Gasteiger charge is -2.21. The summed E-state index contributed by atoms with van der Waals surface area (Å²) in [6.07, 6.45) is 0.726. The van der Waals surface area contributed by atoms with E-state index in [2.05, 4.69) is 15.9 Å². The van der Waals surface area contributed by atoms with Crippen molar-refractivity contribution in [1.29, 1.82) is 0 Å². The molecule has 1 aliphatic rings. The van der Waals surface area contributed by atoms with Crippen molar-refractivity contribution in [3.8, 4) is 0 Å². The lowest BCUT2D eigenvalue weighted by molar-refractivity contribution is -0.183. The van der Waals surface area contributed by atoms with Gasteiger partial charge in [0.05, 0.1) is 10.1 Å². The molecule has 1 rings (SSSR count). The molecule has 0 radical (unpaired) electrons. The third kappa shape index (κ3) is 2.92. The van der Waals surface area contributed by atoms with Crippen LogP contribution in [0.25, 0.3) is 0 Å². The van der Waals surface area contributed by atoms with Crippen LogP contribution in [-0.4, -0.2) is 30.9 Å². The summed E-state index contributed by atoms with van der Waals surface area (Å²) in [6.45, 7) is 4.88. The van der Waals surface area contributed by atoms with E-state index in [-0.39, 0.29) is 0 Å². The van der Waals surface area contributed by atoms with Gasteiger partial charge in [0.1, 0.15) is 6.10 Å². The standard InChI is InChI=1S/C12H17BrO5/c1-5-6-8(17-7(2)14)9-10(13)12(3,16-4)18-11(9)15/h8H,5-6H2,1-4H3/t8-,12+/m1/s1. The predicted octanol–water partition coefficient (Wildman–Crippen LogP) is 2.29. The zero-order chi connectivity index (χ0) is 13.9. The Balaban J connectivity index is 3.09. The molecule has 0 saturated heterocycles. The molecule has 5 nitrogen and oxygen atoms in total. The molecule has 0 aromatic carbocycles. The van der Waals surface area contributed by atoms with Crippen LogP contribution in [0.4, 0.5) is 0 Å². The molecule has 0 aliphatic carbocycles. The molecule has 1 heterocycles. The number of rotatable bonds is 5. The molecule has 2 atom stereocenters. The van der Waals surface area contributed by atoms with E-state index in [9.17, 15) is 9.59 Å². The van der Waals surface area contributed by atoms with Gasteiger partial charge >= 0.3 is 11.9 Å². The van der Waals surface area contributed by atoms with Gasteiger partial charge in [-0.2, -0.15) is 0 Å². The molecule has 0 N–H and O–H groups in total. The average Bonchev–Trinajstić information content (AvgIpc) is 2.49. The smallest absolute Gasteiger partial charge is 0.341 e. The zero-order valence-corrected chi connectivity index (χ0v) is 12.5. The van der Waals surface area contributed by atoms with Crippen molar-refractivity contribution in [3.63, 3.8) is 0 Å². The Hall–Kier alpha value is -0.880. The number of esters is 2. The van der Waals surface area contributed by atoms with Crippen molar-refractivity contribution in [2.24, 2.45) is 0 Å². The Labute approximate surface area is 115 Å². The molecular weight excluding hydrogens is 304 g/mol. The topological polar surface area (TPSA) is 61.8 Å². The van der Waals surface area contributed by atoms with Crippen LogP contribution >= 0.6 is 15.9 Å². The molecule has 0 fully saturated rings. The van der Waals surface area contributed by atoms with Crippen LogP contribution in [-0.2, 0) is 23.8 Å². The second-order valence-corrected chi connectivity index (χ2v) is 4.95. The molecule has 0 amide bonds. The fraction of sp³-hybridized carbons (Fsp3) is 0.667. The van der Waals surface area contributed by atoms with Crippen LogP contribution in [0.2, 0.25) is 0 Å². The summed E-state index contributed by atoms with van der Waals surface area (Å²) in [7, 11) is 1.44. The Morgan fingerprint density at radius 3 is 2.56 bits per heavy atom. The van der Waals surface area contributed by atoms with Crippen molar-refractivity contribution in [2.45, 2.75) is 45.5 Å². The van der Waals surface area contributed by atoms with Crippen LogP contribution in [0.3, 0.4) is 0 Å². The van der Waals surface area contributed by atoms with E-state index in [0.717, 1.165) is 6.42 Å². The van der Waals surface area contributed by atoms with Gasteiger partial charge < -0.3 is 14.2 Å². The van der Waals surface area contributed by atoms with Crippen molar-refractivity contribution in [2.75, 3.05) is 7.11 Å². The number of halogens is 1. The Kier molecular flexibility index (Phi) is 4.92. The van der Waals surface area contributed by atoms with Crippen molar-refractivity contribution in [1.82, 2.24) is 0 Å². The van der Waals surface area contributed by atoms with Crippen molar-refractivity contribution < 1.29 is 23.8 Å². The van der Waals surface area contributed by atoms with Crippen LogP contribution in [0.5, 0.6) is 0 Å². The molecule has 6 heteroatoms. The number of hydrogen-bond donors (Lipinski definition) is 0. The van der Waals surface area contributed by atoms with Gasteiger partial charge in [-0.15, -0.1) is 0 Å². The first-order chi connectivity index (χ1) is 8.35. The van der Waals surface area contributed by atoms with E-state index in [1.165, 1.54) is 14.0 Å². The first-order valence-corrected chi connectivity index (χ1v) is 6.50. The van der Waals surface area contributed by atoms with Gasteiger partial charge in [-0.05, 0) is 22.4 Å². The number of ether oxygens (including phenoxy) is 3. The molecule has 0 spiro atoms. The van der Waals surface area contributed by atoms with Crippen molar-refractivity contribution in [3.05, 3.63) is 10.1 Å². The lowest BCUT2D eigenvalue weighted by atomic mass is 10.0. The quantitative estimate of drug-likeness (QED) is 0.727. The van der Waals surface area contributed by atoms with Gasteiger partial charge in [-0.1, -0.05) is 13.3 Å². The molecule has 0 aromatic rings. The number of methoxy groups -OCH3 is 1. The Bertz CT molecular complexity index is 390. The average molecular weight is 321 g/mol. The minimum absolute atomic E-state index is 0.316. The highest BCUT2D eigenvalue weighted by Gasteiger charge is 2.46. The minimum atomic E-state index is -1.14. The fourth-order valence-corrected chi connectivity index (χ4v) is 2.40. The maximum absolute atomic E-state index is 11.9. The van der Waals surface area contributed by atoms with E-state index >= 15 is 0 Å². The third-order valence-corrected chi connectivity index (χ3v) is 3.86. The van der Waals surface area contributed by atoms with E-state index < -0.39 is 23.8 Å². The van der Waals surface area contributed by atoms with Gasteiger partial charge in [0.2, 0.25) is 5.79 Å². The second kappa shape index (κ2) is 5.84. The van der Waals surface area contributed by atoms with Crippen LogP contribution < -0.4 is 0 Å². The normalized spacial score (nSPS) is 25.1. The number of cyclic esters (lactones) is 1. The highest BCUT2D eigenvalue weighted by molar-refractivity contribution is 9.11. The number of carbonyl (C=O) groups excluding carboxylic acids is 2. The SMILES string of the molecule is CCC[C@@H](OC(C)=O)C1=C(Br)[C@@](C)(OC)OC1=O. The number of carbonyl (C=O) groups is 2. The summed E-state index contributed by atoms with van der Waals surface area (Å²) in [5.41, 5.74) is 0.316. The van der Waals surface area contributed by atoms with E-state index in [1.54, 1.807) is 6.92 Å². The van der Waals surface area contributed by atoms with Gasteiger partial charge in [0, 0.05) is 21.0 Å². The van der Waals surface area contributed by atoms with E-state index in [4.69, 9.17) is 14.2 Å². The van der Waals surface area contributed by atoms with Crippen LogP contribution in [0.1, 0.15) is 33.6 Å². The predicted molar refractivity (Wildman–Crippen MR) is 67.9 cm³/mol. The molecule has 0 bridgehead atoms. The first kappa shape index (κ1) is 15.2. The summed E-state index contributed by atoms with van der Waals surface area (Å²) >= 11 is 3.31. The molecule has 102 valence electrons. The highest BCUT2D eigenvalue weighted by atomic mass is 79.9.